The number of carboxylic acid groups (broad SMARTS) is 1. The number of hydrogen-bond donors (Lipinski definition) is 2. The molecule has 1 aliphatic heterocycles. The van der Waals surface area contributed by atoms with E-state index in [-0.39, 0.29) is 11.6 Å². The second kappa shape index (κ2) is 5.88. The maximum atomic E-state index is 12.0. The zero-order chi connectivity index (χ0) is 16.4. The highest BCUT2D eigenvalue weighted by Crippen LogP contribution is 2.30. The molecule has 1 atom stereocenters. The molecule has 116 valence electrons. The number of rotatable bonds is 3. The van der Waals surface area contributed by atoms with Gasteiger partial charge in [-0.05, 0) is 24.6 Å². The zero-order valence-corrected chi connectivity index (χ0v) is 12.4. The molecular weight excluding hydrogens is 288 g/mol. The third kappa shape index (κ3) is 2.65. The van der Waals surface area contributed by atoms with Crippen LogP contribution in [0.3, 0.4) is 0 Å². The average Bonchev–Trinajstić information content (AvgIpc) is 2.51. The first-order valence-corrected chi connectivity index (χ1v) is 6.53. The van der Waals surface area contributed by atoms with E-state index in [1.165, 1.54) is 24.1 Å². The van der Waals surface area contributed by atoms with Crippen LogP contribution in [-0.4, -0.2) is 42.1 Å². The van der Waals surface area contributed by atoms with E-state index in [9.17, 15) is 14.4 Å². The van der Waals surface area contributed by atoms with Crippen molar-refractivity contribution in [2.24, 2.45) is 0 Å². The van der Waals surface area contributed by atoms with Gasteiger partial charge in [-0.25, -0.2) is 14.4 Å². The fourth-order valence-corrected chi connectivity index (χ4v) is 2.28. The van der Waals surface area contributed by atoms with E-state index >= 15 is 0 Å². The van der Waals surface area contributed by atoms with E-state index in [1.807, 2.05) is 0 Å². The minimum Gasteiger partial charge on any atom is -0.478 e. The van der Waals surface area contributed by atoms with Gasteiger partial charge in [-0.3, -0.25) is 0 Å². The van der Waals surface area contributed by atoms with Crippen LogP contribution in [0, 0.1) is 0 Å². The van der Waals surface area contributed by atoms with Gasteiger partial charge in [-0.2, -0.15) is 0 Å². The molecule has 0 saturated heterocycles. The number of aromatic carboxylic acids is 1. The number of urea groups is 1. The molecule has 0 aromatic heterocycles. The zero-order valence-electron chi connectivity index (χ0n) is 12.4. The minimum absolute atomic E-state index is 0.128. The third-order valence-electron chi connectivity index (χ3n) is 3.65. The number of methoxy groups -OCH3 is 1. The first kappa shape index (κ1) is 15.6. The molecule has 1 aromatic rings. The Morgan fingerprint density at radius 1 is 1.27 bits per heavy atom. The quantitative estimate of drug-likeness (QED) is 0.826. The van der Waals surface area contributed by atoms with Crippen molar-refractivity contribution in [1.29, 1.82) is 0 Å². The Hall–Kier alpha value is -2.83. The van der Waals surface area contributed by atoms with Crippen LogP contribution in [0.4, 0.5) is 4.79 Å². The Labute approximate surface area is 127 Å². The van der Waals surface area contributed by atoms with Crippen molar-refractivity contribution in [3.05, 3.63) is 46.7 Å². The van der Waals surface area contributed by atoms with Crippen molar-refractivity contribution in [2.45, 2.75) is 13.0 Å². The van der Waals surface area contributed by atoms with Crippen molar-refractivity contribution in [2.75, 3.05) is 14.2 Å². The fraction of sp³-hybridized carbons (Fsp3) is 0.267. The number of carbonyl (C=O) groups excluding carboxylic acids is 2. The van der Waals surface area contributed by atoms with Gasteiger partial charge in [0.1, 0.15) is 0 Å². The number of nitrogens with zero attached hydrogens (tertiary/aromatic N) is 1. The number of carboxylic acids is 1. The topological polar surface area (TPSA) is 95.9 Å². The summed E-state index contributed by atoms with van der Waals surface area (Å²) >= 11 is 0. The summed E-state index contributed by atoms with van der Waals surface area (Å²) in [5, 5.41) is 11.6. The molecule has 22 heavy (non-hydrogen) atoms. The Morgan fingerprint density at radius 2 is 1.86 bits per heavy atom. The van der Waals surface area contributed by atoms with Crippen molar-refractivity contribution >= 4 is 18.0 Å². The average molecular weight is 304 g/mol. The Balaban J connectivity index is 2.49. The van der Waals surface area contributed by atoms with E-state index in [4.69, 9.17) is 9.84 Å². The first-order valence-electron chi connectivity index (χ1n) is 6.53. The van der Waals surface area contributed by atoms with Crippen molar-refractivity contribution in [1.82, 2.24) is 10.2 Å². The number of amides is 2. The molecule has 2 N–H and O–H groups in total. The maximum absolute atomic E-state index is 12.0. The highest BCUT2D eigenvalue weighted by molar-refractivity contribution is 5.95. The lowest BCUT2D eigenvalue weighted by atomic mass is 9.94. The minimum atomic E-state index is -1.04. The van der Waals surface area contributed by atoms with Gasteiger partial charge in [0.15, 0.2) is 0 Å². The van der Waals surface area contributed by atoms with E-state index in [1.54, 1.807) is 26.1 Å². The van der Waals surface area contributed by atoms with Crippen LogP contribution in [0.5, 0.6) is 0 Å². The second-order valence-electron chi connectivity index (χ2n) is 4.86. The van der Waals surface area contributed by atoms with Crippen LogP contribution >= 0.6 is 0 Å². The molecule has 1 aliphatic rings. The Bertz CT molecular complexity index is 663. The summed E-state index contributed by atoms with van der Waals surface area (Å²) in [7, 11) is 2.82. The highest BCUT2D eigenvalue weighted by Gasteiger charge is 2.34. The predicted octanol–water partition coefficient (Wildman–Crippen LogP) is 1.53. The summed E-state index contributed by atoms with van der Waals surface area (Å²) in [6, 6.07) is 4.95. The molecule has 0 radical (unpaired) electrons. The number of esters is 1. The molecular formula is C15H16N2O5. The first-order chi connectivity index (χ1) is 10.4. The van der Waals surface area contributed by atoms with Crippen molar-refractivity contribution in [3.8, 4) is 0 Å². The normalized spacial score (nSPS) is 18.0. The van der Waals surface area contributed by atoms with Gasteiger partial charge in [0, 0.05) is 12.7 Å². The maximum Gasteiger partial charge on any atom is 0.337 e. The smallest absolute Gasteiger partial charge is 0.337 e. The Kier molecular flexibility index (Phi) is 4.16. The molecule has 0 fully saturated rings. The van der Waals surface area contributed by atoms with Crippen LogP contribution in [0.15, 0.2) is 35.5 Å². The summed E-state index contributed by atoms with van der Waals surface area (Å²) < 4.78 is 4.79. The number of nitrogens with one attached hydrogen (secondary N) is 1. The van der Waals surface area contributed by atoms with E-state index < -0.39 is 18.0 Å². The molecule has 2 rings (SSSR count). The predicted molar refractivity (Wildman–Crippen MR) is 77.2 cm³/mol. The Morgan fingerprint density at radius 3 is 2.36 bits per heavy atom. The number of hydrogen-bond acceptors (Lipinski definition) is 4. The van der Waals surface area contributed by atoms with E-state index in [0.29, 0.717) is 16.8 Å². The van der Waals surface area contributed by atoms with Crippen LogP contribution in [0.2, 0.25) is 0 Å². The standard InChI is InChI=1S/C15H16N2O5/c1-8-11(14(20)22-3)12(16-15(21)17(8)2)9-4-6-10(7-5-9)13(18)19/h4-7,12H,1-3H3,(H,16,21)(H,18,19)/t12-/m0/s1. The van der Waals surface area contributed by atoms with Crippen LogP contribution in [0.25, 0.3) is 0 Å². The molecule has 0 bridgehead atoms. The molecule has 1 aromatic carbocycles. The van der Waals surface area contributed by atoms with Crippen LogP contribution < -0.4 is 5.32 Å². The van der Waals surface area contributed by atoms with Gasteiger partial charge >= 0.3 is 18.0 Å². The van der Waals surface area contributed by atoms with E-state index in [2.05, 4.69) is 5.32 Å². The second-order valence-corrected chi connectivity index (χ2v) is 4.86. The van der Waals surface area contributed by atoms with E-state index in [0.717, 1.165) is 0 Å². The molecule has 0 saturated carbocycles. The molecule has 0 aliphatic carbocycles. The summed E-state index contributed by atoms with van der Waals surface area (Å²) in [6.45, 7) is 1.66. The largest absolute Gasteiger partial charge is 0.478 e. The molecule has 1 heterocycles. The molecule has 0 unspecified atom stereocenters. The SMILES string of the molecule is COC(=O)C1=C(C)N(C)C(=O)N[C@H]1c1ccc(C(=O)O)cc1. The number of ether oxygens (including phenoxy) is 1. The van der Waals surface area contributed by atoms with Gasteiger partial charge in [0.05, 0.1) is 24.3 Å². The lowest BCUT2D eigenvalue weighted by Crippen LogP contribution is -2.46. The van der Waals surface area contributed by atoms with Gasteiger partial charge in [-0.15, -0.1) is 0 Å². The van der Waals surface area contributed by atoms with Gasteiger partial charge in [0.2, 0.25) is 0 Å². The number of allylic oxidation sites excluding steroid dienone is 1. The van der Waals surface area contributed by atoms with Gasteiger partial charge in [0.25, 0.3) is 0 Å². The molecule has 0 spiro atoms. The molecule has 7 heteroatoms. The molecule has 7 nitrogen and oxygen atoms in total. The van der Waals surface area contributed by atoms with Crippen LogP contribution in [0.1, 0.15) is 28.9 Å². The van der Waals surface area contributed by atoms with Crippen LogP contribution in [-0.2, 0) is 9.53 Å². The monoisotopic (exact) mass is 304 g/mol. The number of benzene rings is 1. The lowest BCUT2D eigenvalue weighted by molar-refractivity contribution is -0.136. The van der Waals surface area contributed by atoms with Crippen molar-refractivity contribution in [3.63, 3.8) is 0 Å². The summed E-state index contributed by atoms with van der Waals surface area (Å²) in [6.07, 6.45) is 0. The van der Waals surface area contributed by atoms with Gasteiger partial charge in [-0.1, -0.05) is 12.1 Å². The third-order valence-corrected chi connectivity index (χ3v) is 3.65. The number of carbonyl (C=O) groups is 3. The van der Waals surface area contributed by atoms with Crippen molar-refractivity contribution < 1.29 is 24.2 Å². The lowest BCUT2D eigenvalue weighted by Gasteiger charge is -2.33. The summed E-state index contributed by atoms with van der Waals surface area (Å²) in [5.41, 5.74) is 1.53. The summed E-state index contributed by atoms with van der Waals surface area (Å²) in [4.78, 5) is 36.2. The molecule has 2 amide bonds. The highest BCUT2D eigenvalue weighted by atomic mass is 16.5. The summed E-state index contributed by atoms with van der Waals surface area (Å²) in [5.74, 6) is -1.59. The van der Waals surface area contributed by atoms with Gasteiger partial charge < -0.3 is 20.1 Å². The fourth-order valence-electron chi connectivity index (χ4n) is 2.28.